The monoisotopic (exact) mass is 399 g/mol. The fourth-order valence-electron chi connectivity index (χ4n) is 2.56. The highest BCUT2D eigenvalue weighted by Crippen LogP contribution is 2.21. The van der Waals surface area contributed by atoms with Crippen molar-refractivity contribution in [2.45, 2.75) is 38.4 Å². The zero-order chi connectivity index (χ0) is 20.9. The van der Waals surface area contributed by atoms with Crippen molar-refractivity contribution >= 4 is 28.5 Å². The highest BCUT2D eigenvalue weighted by Gasteiger charge is 2.38. The zero-order valence-electron chi connectivity index (χ0n) is 15.1. The maximum Gasteiger partial charge on any atom is 0.471 e. The highest BCUT2D eigenvalue weighted by atomic mass is 19.4. The van der Waals surface area contributed by atoms with Gasteiger partial charge < -0.3 is 20.8 Å². The van der Waals surface area contributed by atoms with Crippen LogP contribution in [-0.2, 0) is 9.59 Å². The van der Waals surface area contributed by atoms with Crippen molar-refractivity contribution < 1.29 is 27.2 Å². The number of fused-ring (bicyclic) bond motifs is 1. The molecule has 0 saturated heterocycles. The molecule has 0 aliphatic rings. The molecule has 28 heavy (non-hydrogen) atoms. The van der Waals surface area contributed by atoms with Gasteiger partial charge in [-0.3, -0.25) is 9.59 Å². The lowest BCUT2D eigenvalue weighted by Crippen LogP contribution is -2.38. The summed E-state index contributed by atoms with van der Waals surface area (Å²) in [6.07, 6.45) is -4.06. The minimum atomic E-state index is -4.91. The summed E-state index contributed by atoms with van der Waals surface area (Å²) in [5.74, 6) is -2.47. The van der Waals surface area contributed by atoms with E-state index in [9.17, 15) is 27.6 Å². The number of hydrogen-bond donors (Lipinski definition) is 3. The summed E-state index contributed by atoms with van der Waals surface area (Å²) in [7, 11) is 0. The topological polar surface area (TPSA) is 114 Å². The van der Waals surface area contributed by atoms with Gasteiger partial charge in [0.15, 0.2) is 0 Å². The average molecular weight is 399 g/mol. The maximum absolute atomic E-state index is 12.1. The van der Waals surface area contributed by atoms with Gasteiger partial charge in [0.1, 0.15) is 5.58 Å². The molecule has 1 aromatic carbocycles. The molecule has 0 unspecified atom stereocenters. The number of nitrogens with one attached hydrogen (secondary N) is 2. The van der Waals surface area contributed by atoms with Crippen LogP contribution in [0.5, 0.6) is 0 Å². The van der Waals surface area contributed by atoms with Crippen molar-refractivity contribution in [3.63, 3.8) is 0 Å². The fraction of sp³-hybridized carbons (Fsp3) is 0.389. The van der Waals surface area contributed by atoms with Crippen molar-refractivity contribution in [3.05, 3.63) is 40.2 Å². The van der Waals surface area contributed by atoms with E-state index in [1.807, 2.05) is 0 Å². The van der Waals surface area contributed by atoms with E-state index in [0.717, 1.165) is 10.9 Å². The molecule has 0 radical (unpaired) electrons. The Kier molecular flexibility index (Phi) is 6.79. The molecule has 4 N–H and O–H groups in total. The number of aryl methyl sites for hydroxylation is 1. The Hall–Kier alpha value is -2.88. The van der Waals surface area contributed by atoms with Crippen molar-refractivity contribution in [1.82, 2.24) is 5.32 Å². The summed E-state index contributed by atoms with van der Waals surface area (Å²) in [6, 6.07) is 5.36. The quantitative estimate of drug-likeness (QED) is 0.488. The van der Waals surface area contributed by atoms with Gasteiger partial charge in [0.05, 0.1) is 6.04 Å². The third kappa shape index (κ3) is 5.81. The lowest BCUT2D eigenvalue weighted by Gasteiger charge is -2.13. The SMILES string of the molecule is Cc1cc(=O)oc2cc(NC(=O)[C@@H](N)CCCCNC(=O)C(F)(F)F)ccc12. The molecular formula is C18H20F3N3O4. The van der Waals surface area contributed by atoms with Gasteiger partial charge in [-0.2, -0.15) is 13.2 Å². The largest absolute Gasteiger partial charge is 0.471 e. The molecule has 2 amide bonds. The van der Waals surface area contributed by atoms with Gasteiger partial charge in [0.2, 0.25) is 5.91 Å². The van der Waals surface area contributed by atoms with Crippen LogP contribution in [0.3, 0.4) is 0 Å². The maximum atomic E-state index is 12.1. The smallest absolute Gasteiger partial charge is 0.423 e. The summed E-state index contributed by atoms with van der Waals surface area (Å²) < 4.78 is 41.2. The summed E-state index contributed by atoms with van der Waals surface area (Å²) in [6.45, 7) is 1.61. The van der Waals surface area contributed by atoms with Gasteiger partial charge >= 0.3 is 17.7 Å². The predicted molar refractivity (Wildman–Crippen MR) is 96.7 cm³/mol. The van der Waals surface area contributed by atoms with Crippen molar-refractivity contribution in [1.29, 1.82) is 0 Å². The number of hydrogen-bond acceptors (Lipinski definition) is 5. The van der Waals surface area contributed by atoms with Crippen molar-refractivity contribution in [3.8, 4) is 0 Å². The number of anilines is 1. The number of alkyl halides is 3. The molecule has 0 spiro atoms. The van der Waals surface area contributed by atoms with Gasteiger partial charge in [-0.05, 0) is 43.9 Å². The first-order valence-corrected chi connectivity index (χ1v) is 8.54. The molecule has 152 valence electrons. The minimum absolute atomic E-state index is 0.157. The molecule has 1 aromatic heterocycles. The third-order valence-electron chi connectivity index (χ3n) is 4.04. The Balaban J connectivity index is 1.83. The number of amides is 2. The number of rotatable bonds is 7. The molecule has 0 aliphatic heterocycles. The second kappa shape index (κ2) is 8.87. The molecule has 7 nitrogen and oxygen atoms in total. The molecule has 0 fully saturated rings. The van der Waals surface area contributed by atoms with E-state index in [1.54, 1.807) is 24.4 Å². The average Bonchev–Trinajstić information content (AvgIpc) is 2.59. The van der Waals surface area contributed by atoms with Crippen LogP contribution >= 0.6 is 0 Å². The Bertz CT molecular complexity index is 924. The first-order valence-electron chi connectivity index (χ1n) is 8.54. The van der Waals surface area contributed by atoms with E-state index < -0.39 is 29.7 Å². The fourth-order valence-corrected chi connectivity index (χ4v) is 2.56. The van der Waals surface area contributed by atoms with E-state index >= 15 is 0 Å². The van der Waals surface area contributed by atoms with Crippen molar-refractivity contribution in [2.24, 2.45) is 5.73 Å². The van der Waals surface area contributed by atoms with Gasteiger partial charge in [0, 0.05) is 29.8 Å². The Morgan fingerprint density at radius 3 is 2.61 bits per heavy atom. The van der Waals surface area contributed by atoms with E-state index in [-0.39, 0.29) is 19.4 Å². The van der Waals surface area contributed by atoms with Crippen LogP contribution in [0.15, 0.2) is 33.5 Å². The van der Waals surface area contributed by atoms with E-state index in [0.29, 0.717) is 17.7 Å². The number of carbonyl (C=O) groups excluding carboxylic acids is 2. The molecule has 2 rings (SSSR count). The second-order valence-corrected chi connectivity index (χ2v) is 6.30. The van der Waals surface area contributed by atoms with Gasteiger partial charge in [-0.15, -0.1) is 0 Å². The molecule has 1 heterocycles. The van der Waals surface area contributed by atoms with Crippen LogP contribution in [0.4, 0.5) is 18.9 Å². The second-order valence-electron chi connectivity index (χ2n) is 6.30. The van der Waals surface area contributed by atoms with Gasteiger partial charge in [0.25, 0.3) is 0 Å². The van der Waals surface area contributed by atoms with Crippen LogP contribution in [0, 0.1) is 6.92 Å². The van der Waals surface area contributed by atoms with Gasteiger partial charge in [-0.25, -0.2) is 4.79 Å². The van der Waals surface area contributed by atoms with Crippen LogP contribution in [-0.4, -0.2) is 30.6 Å². The van der Waals surface area contributed by atoms with Crippen LogP contribution in [0.1, 0.15) is 24.8 Å². The standard InChI is InChI=1S/C18H20F3N3O4/c1-10-8-15(25)28-14-9-11(5-6-12(10)14)24-16(26)13(22)4-2-3-7-23-17(27)18(19,20)21/h5-6,8-9,13H,2-4,7,22H2,1H3,(H,23,27)(H,24,26)/t13-/m0/s1. The molecule has 0 saturated carbocycles. The molecule has 0 aliphatic carbocycles. The lowest BCUT2D eigenvalue weighted by molar-refractivity contribution is -0.173. The number of carbonyl (C=O) groups is 2. The zero-order valence-corrected chi connectivity index (χ0v) is 15.1. The summed E-state index contributed by atoms with van der Waals surface area (Å²) in [5, 5.41) is 5.10. The lowest BCUT2D eigenvalue weighted by atomic mass is 10.1. The van der Waals surface area contributed by atoms with Crippen LogP contribution in [0.25, 0.3) is 11.0 Å². The number of benzene rings is 1. The Morgan fingerprint density at radius 2 is 1.93 bits per heavy atom. The predicted octanol–water partition coefficient (Wildman–Crippen LogP) is 2.22. The Labute approximate surface area is 158 Å². The van der Waals surface area contributed by atoms with E-state index in [4.69, 9.17) is 10.2 Å². The first-order chi connectivity index (χ1) is 13.1. The summed E-state index contributed by atoms with van der Waals surface area (Å²) in [4.78, 5) is 34.2. The van der Waals surface area contributed by atoms with Crippen LogP contribution in [0.2, 0.25) is 0 Å². The van der Waals surface area contributed by atoms with Gasteiger partial charge in [-0.1, -0.05) is 0 Å². The normalized spacial score (nSPS) is 12.6. The third-order valence-corrected chi connectivity index (χ3v) is 4.04. The molecule has 0 bridgehead atoms. The number of unbranched alkanes of at least 4 members (excludes halogenated alkanes) is 1. The number of halogens is 3. The number of nitrogens with two attached hydrogens (primary N) is 1. The molecular weight excluding hydrogens is 379 g/mol. The Morgan fingerprint density at radius 1 is 1.21 bits per heavy atom. The molecule has 1 atom stereocenters. The van der Waals surface area contributed by atoms with Crippen molar-refractivity contribution in [2.75, 3.05) is 11.9 Å². The van der Waals surface area contributed by atoms with Crippen LogP contribution < -0.4 is 22.0 Å². The highest BCUT2D eigenvalue weighted by molar-refractivity contribution is 5.96. The summed E-state index contributed by atoms with van der Waals surface area (Å²) >= 11 is 0. The molecule has 10 heteroatoms. The van der Waals surface area contributed by atoms with E-state index in [1.165, 1.54) is 12.1 Å². The van der Waals surface area contributed by atoms with E-state index in [2.05, 4.69) is 5.32 Å². The molecule has 2 aromatic rings. The minimum Gasteiger partial charge on any atom is -0.423 e. The summed E-state index contributed by atoms with van der Waals surface area (Å²) in [5.41, 5.74) is 6.77. The first kappa shape index (κ1) is 21.4.